The second-order valence-electron chi connectivity index (χ2n) is 6.26. The number of pyridine rings is 2. The largest absolute Gasteiger partial charge is 0.496 e. The Balaban J connectivity index is 1.73. The van der Waals surface area contributed by atoms with Crippen molar-refractivity contribution in [3.8, 4) is 17.0 Å². The molecule has 0 unspecified atom stereocenters. The molecule has 0 spiro atoms. The number of carbonyl (C=O) groups excluding carboxylic acids is 1. The van der Waals surface area contributed by atoms with Crippen molar-refractivity contribution < 1.29 is 9.53 Å². The van der Waals surface area contributed by atoms with Gasteiger partial charge in [-0.05, 0) is 30.3 Å². The highest BCUT2D eigenvalue weighted by atomic mass is 16.5. The maximum atomic E-state index is 12.9. The molecule has 1 N–H and O–H groups in total. The third kappa shape index (κ3) is 3.96. The second-order valence-corrected chi connectivity index (χ2v) is 6.26. The van der Waals surface area contributed by atoms with Gasteiger partial charge < -0.3 is 4.74 Å². The number of nitrogens with zero attached hydrogens (tertiary/aromatic N) is 3. The molecule has 4 rings (SSSR count). The van der Waals surface area contributed by atoms with Crippen molar-refractivity contribution in [3.05, 3.63) is 90.3 Å². The summed E-state index contributed by atoms with van der Waals surface area (Å²) in [5.41, 5.74) is 6.06. The van der Waals surface area contributed by atoms with Crippen molar-refractivity contribution in [3.63, 3.8) is 0 Å². The number of hydrazone groups is 1. The van der Waals surface area contributed by atoms with Gasteiger partial charge in [-0.2, -0.15) is 5.10 Å². The normalized spacial score (nSPS) is 10.9. The lowest BCUT2D eigenvalue weighted by atomic mass is 10.0. The number of benzene rings is 2. The molecule has 2 aromatic heterocycles. The van der Waals surface area contributed by atoms with Gasteiger partial charge in [-0.1, -0.05) is 36.4 Å². The lowest BCUT2D eigenvalue weighted by Crippen LogP contribution is -2.18. The number of hydrogen-bond acceptors (Lipinski definition) is 5. The quantitative estimate of drug-likeness (QED) is 0.417. The van der Waals surface area contributed by atoms with E-state index in [0.29, 0.717) is 17.0 Å². The fourth-order valence-electron chi connectivity index (χ4n) is 3.04. The molecule has 2 aromatic carbocycles. The van der Waals surface area contributed by atoms with Crippen LogP contribution in [0.25, 0.3) is 22.2 Å². The van der Waals surface area contributed by atoms with Crippen molar-refractivity contribution in [2.24, 2.45) is 5.10 Å². The van der Waals surface area contributed by atoms with Crippen LogP contribution in [-0.4, -0.2) is 29.2 Å². The standard InChI is InChI=1S/C23H18N4O2/c1-29-22-11-5-3-9-18(22)21-13-19(17-8-2-4-10-20(17)26-21)23(28)27-25-15-16-7-6-12-24-14-16/h2-15H,1H3,(H,27,28)/b25-15-. The van der Waals surface area contributed by atoms with Gasteiger partial charge in [-0.15, -0.1) is 0 Å². The molecule has 0 fully saturated rings. The molecule has 0 radical (unpaired) electrons. The number of fused-ring (bicyclic) bond motifs is 1. The molecular weight excluding hydrogens is 364 g/mol. The van der Waals surface area contributed by atoms with Crippen LogP contribution in [0.15, 0.2) is 84.2 Å². The van der Waals surface area contributed by atoms with Crippen LogP contribution in [0, 0.1) is 0 Å². The average Bonchev–Trinajstić information content (AvgIpc) is 2.79. The Morgan fingerprint density at radius 2 is 1.90 bits per heavy atom. The van der Waals surface area contributed by atoms with Crippen LogP contribution in [0.5, 0.6) is 5.75 Å². The van der Waals surface area contributed by atoms with Crippen molar-refractivity contribution in [1.29, 1.82) is 0 Å². The van der Waals surface area contributed by atoms with E-state index in [1.807, 2.05) is 54.6 Å². The molecule has 0 aliphatic heterocycles. The summed E-state index contributed by atoms with van der Waals surface area (Å²) in [6, 6.07) is 20.5. The van der Waals surface area contributed by atoms with Crippen LogP contribution in [0.4, 0.5) is 0 Å². The molecule has 0 bridgehead atoms. The summed E-state index contributed by atoms with van der Waals surface area (Å²) in [6.45, 7) is 0. The van der Waals surface area contributed by atoms with E-state index < -0.39 is 0 Å². The molecule has 0 saturated heterocycles. The molecule has 4 aromatic rings. The van der Waals surface area contributed by atoms with Crippen molar-refractivity contribution >= 4 is 23.0 Å². The summed E-state index contributed by atoms with van der Waals surface area (Å²) in [7, 11) is 1.61. The van der Waals surface area contributed by atoms with Gasteiger partial charge in [-0.3, -0.25) is 9.78 Å². The van der Waals surface area contributed by atoms with Crippen molar-refractivity contribution in [1.82, 2.24) is 15.4 Å². The van der Waals surface area contributed by atoms with E-state index in [0.717, 1.165) is 22.0 Å². The molecule has 6 nitrogen and oxygen atoms in total. The van der Waals surface area contributed by atoms with E-state index >= 15 is 0 Å². The third-order valence-corrected chi connectivity index (χ3v) is 4.41. The summed E-state index contributed by atoms with van der Waals surface area (Å²) >= 11 is 0. The fourth-order valence-corrected chi connectivity index (χ4v) is 3.04. The van der Waals surface area contributed by atoms with Gasteiger partial charge in [0.25, 0.3) is 5.91 Å². The lowest BCUT2D eigenvalue weighted by molar-refractivity contribution is 0.0956. The van der Waals surface area contributed by atoms with Gasteiger partial charge in [0.1, 0.15) is 5.75 Å². The highest BCUT2D eigenvalue weighted by molar-refractivity contribution is 6.07. The monoisotopic (exact) mass is 382 g/mol. The molecule has 6 heteroatoms. The molecule has 0 atom stereocenters. The minimum atomic E-state index is -0.320. The lowest BCUT2D eigenvalue weighted by Gasteiger charge is -2.11. The SMILES string of the molecule is COc1ccccc1-c1cc(C(=O)N/N=C\c2cccnc2)c2ccccc2n1. The summed E-state index contributed by atoms with van der Waals surface area (Å²) < 4.78 is 5.46. The first-order valence-corrected chi connectivity index (χ1v) is 9.03. The first kappa shape index (κ1) is 18.3. The predicted molar refractivity (Wildman–Crippen MR) is 113 cm³/mol. The predicted octanol–water partition coefficient (Wildman–Crippen LogP) is 4.07. The minimum Gasteiger partial charge on any atom is -0.496 e. The summed E-state index contributed by atoms with van der Waals surface area (Å²) in [4.78, 5) is 21.6. The van der Waals surface area contributed by atoms with E-state index in [2.05, 4.69) is 15.5 Å². The average molecular weight is 382 g/mol. The Morgan fingerprint density at radius 3 is 2.72 bits per heavy atom. The maximum absolute atomic E-state index is 12.9. The molecule has 2 heterocycles. The van der Waals surface area contributed by atoms with Crippen LogP contribution in [0.2, 0.25) is 0 Å². The van der Waals surface area contributed by atoms with Crippen LogP contribution in [0.3, 0.4) is 0 Å². The Morgan fingerprint density at radius 1 is 1.07 bits per heavy atom. The summed E-state index contributed by atoms with van der Waals surface area (Å²) in [5, 5.41) is 4.80. The van der Waals surface area contributed by atoms with Gasteiger partial charge in [0.2, 0.25) is 0 Å². The zero-order valence-corrected chi connectivity index (χ0v) is 15.7. The van der Waals surface area contributed by atoms with Gasteiger partial charge in [0.15, 0.2) is 0 Å². The smallest absolute Gasteiger partial charge is 0.272 e. The number of carbonyl (C=O) groups is 1. The first-order chi connectivity index (χ1) is 14.3. The zero-order valence-electron chi connectivity index (χ0n) is 15.7. The topological polar surface area (TPSA) is 76.5 Å². The molecule has 0 aliphatic carbocycles. The minimum absolute atomic E-state index is 0.320. The van der Waals surface area contributed by atoms with Crippen LogP contribution < -0.4 is 10.2 Å². The number of para-hydroxylation sites is 2. The Labute approximate surface area is 167 Å². The Kier molecular flexibility index (Phi) is 5.25. The molecule has 29 heavy (non-hydrogen) atoms. The number of aromatic nitrogens is 2. The Hall–Kier alpha value is -4.06. The van der Waals surface area contributed by atoms with E-state index in [-0.39, 0.29) is 5.91 Å². The number of ether oxygens (including phenoxy) is 1. The summed E-state index contributed by atoms with van der Waals surface area (Å²) in [5.74, 6) is 0.371. The van der Waals surface area contributed by atoms with Crippen LogP contribution in [-0.2, 0) is 0 Å². The highest BCUT2D eigenvalue weighted by Crippen LogP contribution is 2.31. The third-order valence-electron chi connectivity index (χ3n) is 4.41. The molecule has 142 valence electrons. The Bertz CT molecular complexity index is 1190. The van der Waals surface area contributed by atoms with Gasteiger partial charge in [0.05, 0.1) is 30.1 Å². The number of rotatable bonds is 5. The van der Waals surface area contributed by atoms with Gasteiger partial charge >= 0.3 is 0 Å². The van der Waals surface area contributed by atoms with Crippen LogP contribution >= 0.6 is 0 Å². The fraction of sp³-hybridized carbons (Fsp3) is 0.0435. The first-order valence-electron chi connectivity index (χ1n) is 9.03. The van der Waals surface area contributed by atoms with E-state index in [1.54, 1.807) is 37.9 Å². The van der Waals surface area contributed by atoms with E-state index in [1.165, 1.54) is 0 Å². The second kappa shape index (κ2) is 8.31. The molecule has 0 aliphatic rings. The molecule has 0 saturated carbocycles. The summed E-state index contributed by atoms with van der Waals surface area (Å²) in [6.07, 6.45) is 4.89. The van der Waals surface area contributed by atoms with Crippen molar-refractivity contribution in [2.45, 2.75) is 0 Å². The highest BCUT2D eigenvalue weighted by Gasteiger charge is 2.15. The number of amides is 1. The van der Waals surface area contributed by atoms with Crippen molar-refractivity contribution in [2.75, 3.05) is 7.11 Å². The van der Waals surface area contributed by atoms with Gasteiger partial charge in [-0.25, -0.2) is 10.4 Å². The number of methoxy groups -OCH3 is 1. The molecule has 1 amide bonds. The number of nitrogens with one attached hydrogen (secondary N) is 1. The van der Waals surface area contributed by atoms with E-state index in [4.69, 9.17) is 9.72 Å². The molecular formula is C23H18N4O2. The number of hydrogen-bond donors (Lipinski definition) is 1. The maximum Gasteiger partial charge on any atom is 0.272 e. The van der Waals surface area contributed by atoms with Crippen LogP contribution in [0.1, 0.15) is 15.9 Å². The zero-order chi connectivity index (χ0) is 20.1. The van der Waals surface area contributed by atoms with Gasteiger partial charge in [0, 0.05) is 28.9 Å². The van der Waals surface area contributed by atoms with E-state index in [9.17, 15) is 4.79 Å².